The number of anilines is 2. The van der Waals surface area contributed by atoms with E-state index in [-0.39, 0.29) is 33.4 Å². The number of carbonyl (C=O) groups is 1. The molecular formula is C23H17F3N6O5S. The molecule has 0 radical (unpaired) electrons. The van der Waals surface area contributed by atoms with Crippen LogP contribution in [0, 0.1) is 0 Å². The van der Waals surface area contributed by atoms with E-state index < -0.39 is 27.8 Å². The number of amides is 1. The molecule has 2 aromatic heterocycles. The van der Waals surface area contributed by atoms with Gasteiger partial charge in [0.2, 0.25) is 5.95 Å². The van der Waals surface area contributed by atoms with Crippen LogP contribution in [0.1, 0.15) is 16.1 Å². The predicted molar refractivity (Wildman–Crippen MR) is 127 cm³/mol. The fourth-order valence-electron chi connectivity index (χ4n) is 3.75. The van der Waals surface area contributed by atoms with Crippen LogP contribution in [-0.2, 0) is 16.2 Å². The molecule has 0 bridgehead atoms. The summed E-state index contributed by atoms with van der Waals surface area (Å²) in [6.07, 6.45) is -2.30. The number of sulfonamides is 1. The number of nitrogens with zero attached hydrogens (tertiary/aromatic N) is 4. The van der Waals surface area contributed by atoms with Gasteiger partial charge in [-0.1, -0.05) is 6.07 Å². The first-order valence-electron chi connectivity index (χ1n) is 10.7. The highest BCUT2D eigenvalue weighted by atomic mass is 32.2. The molecule has 1 amide bonds. The van der Waals surface area contributed by atoms with Gasteiger partial charge in [-0.25, -0.2) is 22.8 Å². The Kier molecular flexibility index (Phi) is 5.94. The van der Waals surface area contributed by atoms with Crippen molar-refractivity contribution in [1.82, 2.24) is 24.5 Å². The van der Waals surface area contributed by atoms with E-state index in [9.17, 15) is 26.4 Å². The molecule has 38 heavy (non-hydrogen) atoms. The Morgan fingerprint density at radius 1 is 1.00 bits per heavy atom. The van der Waals surface area contributed by atoms with E-state index in [1.807, 2.05) is 4.72 Å². The summed E-state index contributed by atoms with van der Waals surface area (Å²) >= 11 is 0. The molecule has 0 fully saturated rings. The minimum atomic E-state index is -4.70. The van der Waals surface area contributed by atoms with Crippen LogP contribution in [0.5, 0.6) is 11.5 Å². The maximum Gasteiger partial charge on any atom is 0.435 e. The Morgan fingerprint density at radius 3 is 2.34 bits per heavy atom. The molecule has 3 heterocycles. The number of methoxy groups -OCH3 is 2. The summed E-state index contributed by atoms with van der Waals surface area (Å²) in [5.41, 5.74) is -0.319. The molecule has 0 spiro atoms. The van der Waals surface area contributed by atoms with Gasteiger partial charge in [-0.05, 0) is 23.8 Å². The molecule has 2 aromatic carbocycles. The number of nitrogens with one attached hydrogen (secondary N) is 2. The summed E-state index contributed by atoms with van der Waals surface area (Å²) in [6, 6.07) is 9.62. The third-order valence-electron chi connectivity index (χ3n) is 5.52. The van der Waals surface area contributed by atoms with Gasteiger partial charge in [0, 0.05) is 41.8 Å². The minimum absolute atomic E-state index is 0.00426. The van der Waals surface area contributed by atoms with Crippen LogP contribution in [0.25, 0.3) is 16.9 Å². The summed E-state index contributed by atoms with van der Waals surface area (Å²) in [6.45, 7) is 0. The molecule has 0 atom stereocenters. The second kappa shape index (κ2) is 9.02. The van der Waals surface area contributed by atoms with Gasteiger partial charge in [0.25, 0.3) is 15.9 Å². The van der Waals surface area contributed by atoms with Crippen molar-refractivity contribution >= 4 is 27.6 Å². The summed E-state index contributed by atoms with van der Waals surface area (Å²) in [5.74, 6) is 0.0561. The predicted octanol–water partition coefficient (Wildman–Crippen LogP) is 3.54. The maximum absolute atomic E-state index is 13.3. The number of fused-ring (bicyclic) bond motifs is 1. The second-order valence-electron chi connectivity index (χ2n) is 7.95. The first-order chi connectivity index (χ1) is 18.0. The monoisotopic (exact) mass is 546 g/mol. The maximum atomic E-state index is 13.3. The van der Waals surface area contributed by atoms with Gasteiger partial charge in [0.05, 0.1) is 19.8 Å². The van der Waals surface area contributed by atoms with Crippen LogP contribution >= 0.6 is 0 Å². The SMILES string of the molecule is COc1cc(Nc2ncc(-c3ccc4c(c3)C(=O)NS4(=O)=O)c(-n3ccc(C(F)(F)F)n3)n2)cc(OC)c1. The Balaban J connectivity index is 1.63. The normalized spacial score (nSPS) is 14.1. The molecule has 0 unspecified atom stereocenters. The van der Waals surface area contributed by atoms with Crippen LogP contribution in [0.2, 0.25) is 0 Å². The van der Waals surface area contributed by atoms with Crippen molar-refractivity contribution < 1.29 is 35.9 Å². The van der Waals surface area contributed by atoms with Gasteiger partial charge in [0.15, 0.2) is 11.5 Å². The molecule has 11 nitrogen and oxygen atoms in total. The molecule has 2 N–H and O–H groups in total. The van der Waals surface area contributed by atoms with E-state index in [2.05, 4.69) is 20.4 Å². The zero-order valence-electron chi connectivity index (χ0n) is 19.6. The number of aromatic nitrogens is 4. The topological polar surface area (TPSA) is 137 Å². The molecule has 0 saturated carbocycles. The van der Waals surface area contributed by atoms with Gasteiger partial charge >= 0.3 is 6.18 Å². The average molecular weight is 546 g/mol. The Hall–Kier alpha value is -4.66. The third-order valence-corrected chi connectivity index (χ3v) is 6.91. The first-order valence-corrected chi connectivity index (χ1v) is 12.2. The number of benzene rings is 2. The number of rotatable bonds is 6. The standard InChI is InChI=1S/C23H17F3N6O5S/c1-36-14-8-13(9-15(10-14)37-2)28-22-27-11-17(20(29-22)32-6-5-19(30-32)23(24,25)26)12-3-4-18-16(7-12)21(33)31-38(18,34)35/h3-11H,1-2H3,(H,31,33)(H,27,28,29). The van der Waals surface area contributed by atoms with E-state index in [1.54, 1.807) is 18.2 Å². The molecule has 0 saturated heterocycles. The zero-order valence-corrected chi connectivity index (χ0v) is 20.4. The Bertz CT molecular complexity index is 1670. The summed E-state index contributed by atoms with van der Waals surface area (Å²) in [5, 5.41) is 6.56. The van der Waals surface area contributed by atoms with E-state index in [0.29, 0.717) is 17.2 Å². The molecule has 4 aromatic rings. The third kappa shape index (κ3) is 4.58. The van der Waals surface area contributed by atoms with Crippen LogP contribution in [0.15, 0.2) is 59.8 Å². The Morgan fingerprint density at radius 2 is 1.71 bits per heavy atom. The second-order valence-corrected chi connectivity index (χ2v) is 9.60. The van der Waals surface area contributed by atoms with E-state index in [1.165, 1.54) is 38.6 Å². The lowest BCUT2D eigenvalue weighted by atomic mass is 10.0. The molecule has 5 rings (SSSR count). The largest absolute Gasteiger partial charge is 0.497 e. The van der Waals surface area contributed by atoms with Crippen molar-refractivity contribution in [2.24, 2.45) is 0 Å². The van der Waals surface area contributed by atoms with Crippen molar-refractivity contribution in [2.45, 2.75) is 11.1 Å². The molecule has 196 valence electrons. The minimum Gasteiger partial charge on any atom is -0.497 e. The highest BCUT2D eigenvalue weighted by Crippen LogP contribution is 2.34. The number of hydrogen-bond acceptors (Lipinski definition) is 9. The molecule has 15 heteroatoms. The van der Waals surface area contributed by atoms with Crippen molar-refractivity contribution in [3.63, 3.8) is 0 Å². The quantitative estimate of drug-likeness (QED) is 0.372. The van der Waals surface area contributed by atoms with Crippen LogP contribution in [0.3, 0.4) is 0 Å². The fourth-order valence-corrected chi connectivity index (χ4v) is 4.91. The smallest absolute Gasteiger partial charge is 0.435 e. The molecular weight excluding hydrogens is 529 g/mol. The average Bonchev–Trinajstić information content (AvgIpc) is 3.46. The lowest BCUT2D eigenvalue weighted by molar-refractivity contribution is -0.141. The number of hydrogen-bond donors (Lipinski definition) is 2. The van der Waals surface area contributed by atoms with Gasteiger partial charge in [-0.3, -0.25) is 4.79 Å². The number of alkyl halides is 3. The number of ether oxygens (including phenoxy) is 2. The van der Waals surface area contributed by atoms with E-state index in [0.717, 1.165) is 16.9 Å². The van der Waals surface area contributed by atoms with Gasteiger partial charge < -0.3 is 14.8 Å². The number of halogens is 3. The fraction of sp³-hybridized carbons (Fsp3) is 0.130. The van der Waals surface area contributed by atoms with Gasteiger partial charge in [-0.15, -0.1) is 0 Å². The van der Waals surface area contributed by atoms with Crippen LogP contribution in [0.4, 0.5) is 24.8 Å². The highest BCUT2D eigenvalue weighted by molar-refractivity contribution is 7.90. The van der Waals surface area contributed by atoms with Crippen LogP contribution < -0.4 is 19.5 Å². The molecule has 0 aliphatic carbocycles. The van der Waals surface area contributed by atoms with Gasteiger partial charge in [-0.2, -0.15) is 23.3 Å². The summed E-state index contributed by atoms with van der Waals surface area (Å²) in [4.78, 5) is 20.6. The van der Waals surface area contributed by atoms with Crippen molar-refractivity contribution in [2.75, 3.05) is 19.5 Å². The summed E-state index contributed by atoms with van der Waals surface area (Å²) in [7, 11) is -1.04. The zero-order chi connectivity index (χ0) is 27.2. The molecule has 1 aliphatic heterocycles. The van der Waals surface area contributed by atoms with Crippen molar-refractivity contribution in [3.8, 4) is 28.4 Å². The van der Waals surface area contributed by atoms with Crippen LogP contribution in [-0.4, -0.2) is 48.3 Å². The van der Waals surface area contributed by atoms with Gasteiger partial charge in [0.1, 0.15) is 16.4 Å². The Labute approximate surface area is 213 Å². The highest BCUT2D eigenvalue weighted by Gasteiger charge is 2.35. The molecule has 1 aliphatic rings. The number of carbonyl (C=O) groups excluding carboxylic acids is 1. The lowest BCUT2D eigenvalue weighted by Gasteiger charge is -2.13. The van der Waals surface area contributed by atoms with Crippen molar-refractivity contribution in [1.29, 1.82) is 0 Å². The van der Waals surface area contributed by atoms with E-state index >= 15 is 0 Å². The van der Waals surface area contributed by atoms with E-state index in [4.69, 9.17) is 9.47 Å². The lowest BCUT2D eigenvalue weighted by Crippen LogP contribution is -2.20. The first kappa shape index (κ1) is 25.0. The summed E-state index contributed by atoms with van der Waals surface area (Å²) < 4.78 is 77.3. The van der Waals surface area contributed by atoms with Crippen molar-refractivity contribution in [3.05, 3.63) is 66.1 Å².